The number of halogens is 1. The van der Waals surface area contributed by atoms with Crippen molar-refractivity contribution >= 4 is 40.5 Å². The summed E-state index contributed by atoms with van der Waals surface area (Å²) < 4.78 is 15.6. The van der Waals surface area contributed by atoms with Crippen molar-refractivity contribution in [1.29, 1.82) is 0 Å². The molecule has 0 radical (unpaired) electrons. The van der Waals surface area contributed by atoms with Gasteiger partial charge in [0.2, 0.25) is 0 Å². The van der Waals surface area contributed by atoms with E-state index in [1.807, 2.05) is 51.4 Å². The van der Waals surface area contributed by atoms with Gasteiger partial charge < -0.3 is 9.55 Å². The molecule has 5 rings (SSSR count). The van der Waals surface area contributed by atoms with E-state index in [-0.39, 0.29) is 5.13 Å². The number of nitrogens with one attached hydrogen (secondary N) is 2. The van der Waals surface area contributed by atoms with Crippen molar-refractivity contribution in [3.63, 3.8) is 0 Å². The van der Waals surface area contributed by atoms with Crippen LogP contribution >= 0.6 is 11.3 Å². The van der Waals surface area contributed by atoms with Crippen molar-refractivity contribution in [2.45, 2.75) is 13.8 Å². The van der Waals surface area contributed by atoms with Gasteiger partial charge in [0.25, 0.3) is 0 Å². The number of thiophene rings is 1. The average molecular weight is 445 g/mol. The molecular formula is C24H21FN6S. The fourth-order valence-electron chi connectivity index (χ4n) is 3.72. The summed E-state index contributed by atoms with van der Waals surface area (Å²) >= 11 is 1.08. The Labute approximate surface area is 187 Å². The molecule has 0 unspecified atom stereocenters. The van der Waals surface area contributed by atoms with Gasteiger partial charge in [-0.15, -0.1) is 11.3 Å². The van der Waals surface area contributed by atoms with Crippen LogP contribution in [0.5, 0.6) is 0 Å². The summed E-state index contributed by atoms with van der Waals surface area (Å²) in [5.41, 5.74) is 5.37. The lowest BCUT2D eigenvalue weighted by Crippen LogP contribution is -2.21. The normalized spacial score (nSPS) is 12.9. The van der Waals surface area contributed by atoms with E-state index in [0.717, 1.165) is 71.9 Å². The molecule has 8 heteroatoms. The first-order valence-electron chi connectivity index (χ1n) is 10.1. The Morgan fingerprint density at radius 3 is 2.78 bits per heavy atom. The highest BCUT2D eigenvalue weighted by atomic mass is 32.1. The van der Waals surface area contributed by atoms with Gasteiger partial charge in [0.15, 0.2) is 5.13 Å². The third-order valence-corrected chi connectivity index (χ3v) is 6.51. The molecule has 0 atom stereocenters. The molecule has 0 fully saturated rings. The maximum atomic E-state index is 13.5. The van der Waals surface area contributed by atoms with E-state index >= 15 is 0 Å². The predicted molar refractivity (Wildman–Crippen MR) is 128 cm³/mol. The number of nitrogens with zero attached hydrogens (tertiary/aromatic N) is 4. The molecule has 5 aromatic rings. The minimum atomic E-state index is -0.230. The molecule has 160 valence electrons. The van der Waals surface area contributed by atoms with Crippen LogP contribution < -0.4 is 10.6 Å². The highest BCUT2D eigenvalue weighted by Crippen LogP contribution is 2.33. The van der Waals surface area contributed by atoms with Gasteiger partial charge in [0.05, 0.1) is 33.5 Å². The number of aryl methyl sites for hydroxylation is 1. The second kappa shape index (κ2) is 7.72. The number of imidazole rings is 1. The van der Waals surface area contributed by atoms with Gasteiger partial charge in [-0.1, -0.05) is 12.7 Å². The number of rotatable bonds is 4. The van der Waals surface area contributed by atoms with E-state index in [1.165, 1.54) is 6.07 Å². The number of allylic oxidation sites excluding steroid dienone is 2. The van der Waals surface area contributed by atoms with Crippen molar-refractivity contribution < 1.29 is 4.39 Å². The molecule has 0 amide bonds. The summed E-state index contributed by atoms with van der Waals surface area (Å²) in [5.74, 6) is 0.965. The Morgan fingerprint density at radius 1 is 1.22 bits per heavy atom. The molecule has 0 aliphatic rings. The van der Waals surface area contributed by atoms with E-state index in [0.29, 0.717) is 0 Å². The second-order valence-electron chi connectivity index (χ2n) is 7.64. The van der Waals surface area contributed by atoms with Crippen LogP contribution in [0.25, 0.3) is 51.1 Å². The predicted octanol–water partition coefficient (Wildman–Crippen LogP) is 4.16. The topological polar surface area (TPSA) is 75.2 Å². The lowest BCUT2D eigenvalue weighted by molar-refractivity contribution is 0.657. The Kier molecular flexibility index (Phi) is 4.86. The number of hydrogen-bond acceptors (Lipinski definition) is 4. The Morgan fingerprint density at radius 2 is 2.06 bits per heavy atom. The molecule has 2 N–H and O–H groups in total. The van der Waals surface area contributed by atoms with E-state index in [2.05, 4.69) is 36.3 Å². The Bertz CT molecular complexity index is 1600. The van der Waals surface area contributed by atoms with E-state index in [4.69, 9.17) is 0 Å². The molecule has 0 aliphatic heterocycles. The number of hydrogen-bond donors (Lipinski definition) is 2. The molecule has 6 nitrogen and oxygen atoms in total. The first kappa shape index (κ1) is 20.1. The summed E-state index contributed by atoms with van der Waals surface area (Å²) in [5, 5.41) is 9.87. The fraction of sp³-hybridized carbons (Fsp3) is 0.125. The second-order valence-corrected chi connectivity index (χ2v) is 8.67. The maximum absolute atomic E-state index is 13.5. The summed E-state index contributed by atoms with van der Waals surface area (Å²) in [6.45, 7) is 8.25. The lowest BCUT2D eigenvalue weighted by Gasteiger charge is -2.02. The minimum absolute atomic E-state index is 0.230. The first-order valence-corrected chi connectivity index (χ1v) is 10.9. The molecule has 0 saturated heterocycles. The van der Waals surface area contributed by atoms with Crippen LogP contribution in [0.1, 0.15) is 18.4 Å². The van der Waals surface area contributed by atoms with Gasteiger partial charge >= 0.3 is 0 Å². The summed E-state index contributed by atoms with van der Waals surface area (Å²) in [6, 6.07) is 7.10. The summed E-state index contributed by atoms with van der Waals surface area (Å²) in [6.07, 6.45) is 7.59. The maximum Gasteiger partial charge on any atom is 0.177 e. The van der Waals surface area contributed by atoms with E-state index < -0.39 is 0 Å². The average Bonchev–Trinajstić information content (AvgIpc) is 3.54. The number of aromatic nitrogens is 6. The third kappa shape index (κ3) is 3.38. The monoisotopic (exact) mass is 444 g/mol. The molecular weight excluding hydrogens is 423 g/mol. The molecule has 5 aromatic heterocycles. The van der Waals surface area contributed by atoms with Crippen molar-refractivity contribution in [1.82, 2.24) is 29.7 Å². The highest BCUT2D eigenvalue weighted by Gasteiger charge is 2.14. The summed E-state index contributed by atoms with van der Waals surface area (Å²) in [4.78, 5) is 13.0. The Hall–Kier alpha value is -3.78. The smallest absolute Gasteiger partial charge is 0.177 e. The Balaban J connectivity index is 1.55. The van der Waals surface area contributed by atoms with Crippen molar-refractivity contribution in [2.24, 2.45) is 7.05 Å². The van der Waals surface area contributed by atoms with Crippen LogP contribution in [0.4, 0.5) is 4.39 Å². The van der Waals surface area contributed by atoms with Crippen molar-refractivity contribution in [3.05, 3.63) is 70.0 Å². The van der Waals surface area contributed by atoms with Crippen LogP contribution in [0.3, 0.4) is 0 Å². The third-order valence-electron chi connectivity index (χ3n) is 5.63. The van der Waals surface area contributed by atoms with Gasteiger partial charge in [-0.05, 0) is 49.8 Å². The van der Waals surface area contributed by atoms with Crippen LogP contribution in [0.2, 0.25) is 0 Å². The van der Waals surface area contributed by atoms with Crippen LogP contribution in [0, 0.1) is 12.1 Å². The van der Waals surface area contributed by atoms with Gasteiger partial charge in [0, 0.05) is 29.4 Å². The lowest BCUT2D eigenvalue weighted by atomic mass is 10.2. The van der Waals surface area contributed by atoms with Crippen LogP contribution in [0.15, 0.2) is 42.7 Å². The first-order chi connectivity index (χ1) is 15.4. The van der Waals surface area contributed by atoms with Crippen molar-refractivity contribution in [2.75, 3.05) is 0 Å². The van der Waals surface area contributed by atoms with Crippen LogP contribution in [-0.4, -0.2) is 29.7 Å². The molecule has 5 heterocycles. The van der Waals surface area contributed by atoms with Gasteiger partial charge in [-0.3, -0.25) is 10.1 Å². The van der Waals surface area contributed by atoms with Gasteiger partial charge in [-0.2, -0.15) is 9.49 Å². The number of H-pyrrole nitrogens is 2. The zero-order chi connectivity index (χ0) is 22.4. The molecule has 32 heavy (non-hydrogen) atoms. The van der Waals surface area contributed by atoms with E-state index in [9.17, 15) is 4.39 Å². The number of pyridine rings is 1. The SMILES string of the molecule is C=c1c(-c2cc3c(-c4ccc(F)s4)nccc3[nH]2)n[nH]/c1=C/C=C(\C)c1cnc(C)n1C. The number of fused-ring (bicyclic) bond motifs is 1. The number of aromatic amines is 2. The molecule has 0 saturated carbocycles. The molecule has 0 spiro atoms. The highest BCUT2D eigenvalue weighted by molar-refractivity contribution is 7.13. The molecule has 0 bridgehead atoms. The van der Waals surface area contributed by atoms with Crippen LogP contribution in [-0.2, 0) is 7.05 Å². The quantitative estimate of drug-likeness (QED) is 0.437. The van der Waals surface area contributed by atoms with Gasteiger partial charge in [0.1, 0.15) is 11.5 Å². The molecule has 0 aromatic carbocycles. The standard InChI is InChI=1S/C24H21FN6S/c1-13(20-12-27-15(3)31(20)4)5-6-17-14(2)23(30-29-17)19-11-16-18(28-19)9-10-26-24(16)21-7-8-22(25)32-21/h5-12,28-29H,2H2,1,3-4H3/b13-5+,17-6+. The summed E-state index contributed by atoms with van der Waals surface area (Å²) in [7, 11) is 2.00. The zero-order valence-corrected chi connectivity index (χ0v) is 18.7. The minimum Gasteiger partial charge on any atom is -0.353 e. The zero-order valence-electron chi connectivity index (χ0n) is 17.9. The largest absolute Gasteiger partial charge is 0.353 e. The van der Waals surface area contributed by atoms with E-state index in [1.54, 1.807) is 12.3 Å². The fourth-order valence-corrected chi connectivity index (χ4v) is 4.46. The van der Waals surface area contributed by atoms with Gasteiger partial charge in [-0.25, -0.2) is 4.98 Å². The van der Waals surface area contributed by atoms with Crippen molar-refractivity contribution in [3.8, 4) is 22.0 Å². The molecule has 0 aliphatic carbocycles.